The number of likely N-dealkylation sites (tertiary alicyclic amines) is 1. The lowest BCUT2D eigenvalue weighted by Crippen LogP contribution is -2.55. The fourth-order valence-corrected chi connectivity index (χ4v) is 2.85. The fraction of sp³-hybridized carbons (Fsp3) is 0.714. The summed E-state index contributed by atoms with van der Waals surface area (Å²) in [5.74, 6) is -1.98. The van der Waals surface area contributed by atoms with E-state index in [0.717, 1.165) is 0 Å². The number of thiol groups is 1. The van der Waals surface area contributed by atoms with E-state index >= 15 is 0 Å². The first-order chi connectivity index (χ1) is 11.8. The van der Waals surface area contributed by atoms with E-state index < -0.39 is 35.9 Å². The molecule has 11 heteroatoms. The molecule has 142 valence electrons. The Morgan fingerprint density at radius 2 is 2.04 bits per heavy atom. The highest BCUT2D eigenvalue weighted by atomic mass is 32.1. The minimum absolute atomic E-state index is 0.0302. The molecule has 25 heavy (non-hydrogen) atoms. The minimum atomic E-state index is -1.05. The lowest BCUT2D eigenvalue weighted by molar-refractivity contribution is -0.149. The van der Waals surface area contributed by atoms with Crippen molar-refractivity contribution in [2.75, 3.05) is 18.8 Å². The third-order valence-electron chi connectivity index (χ3n) is 3.92. The Hall–Kier alpha value is -2.01. The van der Waals surface area contributed by atoms with Gasteiger partial charge in [-0.3, -0.25) is 14.6 Å². The van der Waals surface area contributed by atoms with Crippen LogP contribution in [0, 0.1) is 0 Å². The van der Waals surface area contributed by atoms with Crippen LogP contribution in [0.15, 0.2) is 4.99 Å². The minimum Gasteiger partial charge on any atom is -0.480 e. The van der Waals surface area contributed by atoms with Gasteiger partial charge in [-0.05, 0) is 25.7 Å². The maximum absolute atomic E-state index is 12.5. The molecule has 3 atom stereocenters. The predicted octanol–water partition coefficient (Wildman–Crippen LogP) is -2.14. The maximum atomic E-state index is 12.5. The fourth-order valence-electron chi connectivity index (χ4n) is 2.60. The molecule has 10 nitrogen and oxygen atoms in total. The number of aliphatic imine (C=N–C) groups is 1. The Balaban J connectivity index is 2.56. The van der Waals surface area contributed by atoms with Gasteiger partial charge < -0.3 is 32.5 Å². The molecule has 0 aromatic heterocycles. The van der Waals surface area contributed by atoms with Crippen molar-refractivity contribution in [2.45, 2.75) is 43.8 Å². The van der Waals surface area contributed by atoms with Gasteiger partial charge in [0.25, 0.3) is 0 Å². The number of carboxylic acids is 1. The molecular weight excluding hydrogens is 348 g/mol. The number of carbonyl (C=O) groups is 3. The Labute approximate surface area is 151 Å². The van der Waals surface area contributed by atoms with Gasteiger partial charge in [0.1, 0.15) is 12.1 Å². The number of nitrogens with zero attached hydrogens (tertiary/aromatic N) is 2. The summed E-state index contributed by atoms with van der Waals surface area (Å²) >= 11 is 4.08. The van der Waals surface area contributed by atoms with Gasteiger partial charge in [-0.1, -0.05) is 0 Å². The van der Waals surface area contributed by atoms with Crippen LogP contribution in [0.1, 0.15) is 25.7 Å². The summed E-state index contributed by atoms with van der Waals surface area (Å²) in [7, 11) is 0. The topological polar surface area (TPSA) is 177 Å². The Kier molecular flexibility index (Phi) is 8.49. The monoisotopic (exact) mass is 374 g/mol. The van der Waals surface area contributed by atoms with Crippen molar-refractivity contribution in [2.24, 2.45) is 22.2 Å². The standard InChI is InChI=1S/C14H26N6O4S/c15-8(3-1-5-18-14(16)17)11(21)19-9(7-25)12(22)20-6-2-4-10(20)13(23)24/h8-10,25H,1-7,15H2,(H,19,21)(H,23,24)(H4,16,17,18). The van der Waals surface area contributed by atoms with Crippen molar-refractivity contribution in [1.29, 1.82) is 0 Å². The van der Waals surface area contributed by atoms with Gasteiger partial charge in [-0.15, -0.1) is 0 Å². The molecule has 0 saturated carbocycles. The molecular formula is C14H26N6O4S. The number of carbonyl (C=O) groups excluding carboxylic acids is 2. The number of hydrogen-bond acceptors (Lipinski definition) is 6. The smallest absolute Gasteiger partial charge is 0.326 e. The van der Waals surface area contributed by atoms with Crippen molar-refractivity contribution in [3.8, 4) is 0 Å². The molecule has 0 bridgehead atoms. The SMILES string of the molecule is NC(N)=NCCCC(N)C(=O)NC(CS)C(=O)N1CCCC1C(=O)O. The average Bonchev–Trinajstić information content (AvgIpc) is 3.05. The van der Waals surface area contributed by atoms with E-state index in [-0.39, 0.29) is 11.7 Å². The van der Waals surface area contributed by atoms with Crippen LogP contribution in [-0.2, 0) is 14.4 Å². The van der Waals surface area contributed by atoms with Crippen LogP contribution in [-0.4, -0.2) is 70.7 Å². The molecule has 0 spiro atoms. The summed E-state index contributed by atoms with van der Waals surface area (Å²) in [5, 5.41) is 11.7. The normalized spacial score (nSPS) is 19.1. The van der Waals surface area contributed by atoms with Crippen molar-refractivity contribution in [1.82, 2.24) is 10.2 Å². The zero-order valence-electron chi connectivity index (χ0n) is 13.9. The summed E-state index contributed by atoms with van der Waals surface area (Å²) in [5.41, 5.74) is 16.2. The third kappa shape index (κ3) is 6.42. The highest BCUT2D eigenvalue weighted by Gasteiger charge is 2.37. The number of nitrogens with two attached hydrogens (primary N) is 3. The molecule has 2 amide bonds. The molecule has 1 aliphatic heterocycles. The highest BCUT2D eigenvalue weighted by Crippen LogP contribution is 2.18. The van der Waals surface area contributed by atoms with Crippen molar-refractivity contribution < 1.29 is 19.5 Å². The summed E-state index contributed by atoms with van der Waals surface area (Å²) in [6.07, 6.45) is 1.87. The molecule has 1 aliphatic rings. The van der Waals surface area contributed by atoms with E-state index in [1.54, 1.807) is 0 Å². The van der Waals surface area contributed by atoms with Gasteiger partial charge in [-0.2, -0.15) is 12.6 Å². The molecule has 1 heterocycles. The largest absolute Gasteiger partial charge is 0.480 e. The molecule has 0 aliphatic carbocycles. The number of amides is 2. The van der Waals surface area contributed by atoms with E-state index in [0.29, 0.717) is 38.8 Å². The van der Waals surface area contributed by atoms with Gasteiger partial charge in [0.15, 0.2) is 5.96 Å². The number of carboxylic acid groups (broad SMARTS) is 1. The Morgan fingerprint density at radius 3 is 2.60 bits per heavy atom. The van der Waals surface area contributed by atoms with E-state index in [1.165, 1.54) is 4.90 Å². The van der Waals surface area contributed by atoms with Crippen LogP contribution in [0.2, 0.25) is 0 Å². The van der Waals surface area contributed by atoms with Crippen LogP contribution >= 0.6 is 12.6 Å². The van der Waals surface area contributed by atoms with E-state index in [2.05, 4.69) is 22.9 Å². The van der Waals surface area contributed by atoms with Gasteiger partial charge in [-0.25, -0.2) is 4.79 Å². The van der Waals surface area contributed by atoms with E-state index in [1.807, 2.05) is 0 Å². The van der Waals surface area contributed by atoms with Gasteiger partial charge >= 0.3 is 5.97 Å². The lowest BCUT2D eigenvalue weighted by Gasteiger charge is -2.27. The number of hydrogen-bond donors (Lipinski definition) is 6. The van der Waals surface area contributed by atoms with Crippen LogP contribution in [0.4, 0.5) is 0 Å². The highest BCUT2D eigenvalue weighted by molar-refractivity contribution is 7.80. The van der Waals surface area contributed by atoms with Crippen molar-refractivity contribution >= 4 is 36.4 Å². The van der Waals surface area contributed by atoms with Gasteiger partial charge in [0.2, 0.25) is 11.8 Å². The van der Waals surface area contributed by atoms with Crippen LogP contribution in [0.5, 0.6) is 0 Å². The first kappa shape index (κ1) is 21.0. The van der Waals surface area contributed by atoms with E-state index in [9.17, 15) is 14.4 Å². The third-order valence-corrected chi connectivity index (χ3v) is 4.29. The number of guanidine groups is 1. The second kappa shape index (κ2) is 10.1. The number of aliphatic carboxylic acids is 1. The summed E-state index contributed by atoms with van der Waals surface area (Å²) in [6.45, 7) is 0.701. The predicted molar refractivity (Wildman–Crippen MR) is 96.0 cm³/mol. The molecule has 3 unspecified atom stereocenters. The average molecular weight is 374 g/mol. The maximum Gasteiger partial charge on any atom is 0.326 e. The first-order valence-electron chi connectivity index (χ1n) is 8.03. The lowest BCUT2D eigenvalue weighted by atomic mass is 10.1. The van der Waals surface area contributed by atoms with Gasteiger partial charge in [0, 0.05) is 18.8 Å². The summed E-state index contributed by atoms with van der Waals surface area (Å²) in [4.78, 5) is 40.9. The Morgan fingerprint density at radius 1 is 1.36 bits per heavy atom. The van der Waals surface area contributed by atoms with Crippen molar-refractivity contribution in [3.63, 3.8) is 0 Å². The van der Waals surface area contributed by atoms with E-state index in [4.69, 9.17) is 22.3 Å². The molecule has 1 fully saturated rings. The molecule has 0 aromatic rings. The molecule has 0 radical (unpaired) electrons. The quantitative estimate of drug-likeness (QED) is 0.115. The molecule has 1 rings (SSSR count). The number of nitrogens with one attached hydrogen (secondary N) is 1. The van der Waals surface area contributed by atoms with Crippen LogP contribution in [0.3, 0.4) is 0 Å². The number of rotatable bonds is 9. The van der Waals surface area contributed by atoms with Crippen LogP contribution < -0.4 is 22.5 Å². The summed E-state index contributed by atoms with van der Waals surface area (Å²) < 4.78 is 0. The van der Waals surface area contributed by atoms with Gasteiger partial charge in [0.05, 0.1) is 6.04 Å². The van der Waals surface area contributed by atoms with Crippen molar-refractivity contribution in [3.05, 3.63) is 0 Å². The molecule has 0 aromatic carbocycles. The second-order valence-corrected chi connectivity index (χ2v) is 6.19. The Bertz CT molecular complexity index is 525. The zero-order chi connectivity index (χ0) is 19.0. The first-order valence-corrected chi connectivity index (χ1v) is 8.66. The summed E-state index contributed by atoms with van der Waals surface area (Å²) in [6, 6.07) is -2.60. The zero-order valence-corrected chi connectivity index (χ0v) is 14.8. The second-order valence-electron chi connectivity index (χ2n) is 5.83. The molecule has 8 N–H and O–H groups in total. The van der Waals surface area contributed by atoms with Crippen LogP contribution in [0.25, 0.3) is 0 Å². The molecule has 1 saturated heterocycles.